The lowest BCUT2D eigenvalue weighted by atomic mass is 10.2. The molecule has 0 aromatic rings. The molecule has 1 N–H and O–H groups in total. The van der Waals surface area contributed by atoms with Crippen LogP contribution in [0.15, 0.2) is 0 Å². The predicted molar refractivity (Wildman–Crippen MR) is 52.6 cm³/mol. The van der Waals surface area contributed by atoms with Crippen molar-refractivity contribution in [2.24, 2.45) is 0 Å². The van der Waals surface area contributed by atoms with Gasteiger partial charge in [0.1, 0.15) is 0 Å². The number of nitrogens with zero attached hydrogens (tertiary/aromatic N) is 1. The second-order valence-electron chi connectivity index (χ2n) is 3.14. The van der Waals surface area contributed by atoms with Gasteiger partial charge >= 0.3 is 0 Å². The van der Waals surface area contributed by atoms with Gasteiger partial charge < -0.3 is 10.2 Å². The zero-order valence-corrected chi connectivity index (χ0v) is 8.69. The maximum absolute atomic E-state index is 11.3. The quantitative estimate of drug-likeness (QED) is 0.668. The van der Waals surface area contributed by atoms with Crippen LogP contribution in [0.1, 0.15) is 6.42 Å². The zero-order chi connectivity index (χ0) is 9.84. The third-order valence-electron chi connectivity index (χ3n) is 1.87. The maximum atomic E-state index is 11.3. The minimum absolute atomic E-state index is 0.00792. The van der Waals surface area contributed by atoms with Gasteiger partial charge in [-0.25, -0.2) is 0 Å². The first-order valence-corrected chi connectivity index (χ1v) is 5.25. The van der Waals surface area contributed by atoms with Crippen molar-refractivity contribution in [3.05, 3.63) is 0 Å². The van der Waals surface area contributed by atoms with Gasteiger partial charge in [0.2, 0.25) is 11.8 Å². The van der Waals surface area contributed by atoms with Gasteiger partial charge in [-0.05, 0) is 0 Å². The highest BCUT2D eigenvalue weighted by atomic mass is 32.2. The molecular formula is C8H14N2O2S. The van der Waals surface area contributed by atoms with Gasteiger partial charge in [-0.3, -0.25) is 9.59 Å². The molecule has 4 nitrogen and oxygen atoms in total. The van der Waals surface area contributed by atoms with Gasteiger partial charge in [-0.15, -0.1) is 11.8 Å². The van der Waals surface area contributed by atoms with Crippen LogP contribution in [0.5, 0.6) is 0 Å². The first-order valence-electron chi connectivity index (χ1n) is 4.20. The molecule has 5 heteroatoms. The van der Waals surface area contributed by atoms with Crippen molar-refractivity contribution >= 4 is 23.6 Å². The van der Waals surface area contributed by atoms with Crippen LogP contribution >= 0.6 is 11.8 Å². The van der Waals surface area contributed by atoms with Gasteiger partial charge in [-0.2, -0.15) is 0 Å². The Morgan fingerprint density at radius 3 is 2.92 bits per heavy atom. The summed E-state index contributed by atoms with van der Waals surface area (Å²) < 4.78 is 0. The van der Waals surface area contributed by atoms with E-state index in [-0.39, 0.29) is 17.1 Å². The molecule has 13 heavy (non-hydrogen) atoms. The van der Waals surface area contributed by atoms with Crippen LogP contribution in [0.3, 0.4) is 0 Å². The maximum Gasteiger partial charge on any atom is 0.233 e. The molecule has 0 aromatic heterocycles. The molecule has 0 aliphatic carbocycles. The molecule has 1 aliphatic heterocycles. The Bertz CT molecular complexity index is 218. The Labute approximate surface area is 82.0 Å². The van der Waals surface area contributed by atoms with Crippen LogP contribution in [0.4, 0.5) is 0 Å². The second kappa shape index (κ2) is 4.50. The summed E-state index contributed by atoms with van der Waals surface area (Å²) in [4.78, 5) is 24.1. The van der Waals surface area contributed by atoms with Crippen molar-refractivity contribution in [2.45, 2.75) is 11.7 Å². The van der Waals surface area contributed by atoms with E-state index in [0.29, 0.717) is 6.42 Å². The van der Waals surface area contributed by atoms with Crippen LogP contribution in [0, 0.1) is 0 Å². The zero-order valence-electron chi connectivity index (χ0n) is 7.87. The van der Waals surface area contributed by atoms with E-state index in [1.807, 2.05) is 0 Å². The molecule has 0 radical (unpaired) electrons. The predicted octanol–water partition coefficient (Wildman–Crippen LogP) is -0.304. The summed E-state index contributed by atoms with van der Waals surface area (Å²) in [7, 11) is 3.40. The number of thioether (sulfide) groups is 1. The third-order valence-corrected chi connectivity index (χ3v) is 3.09. The fourth-order valence-electron chi connectivity index (χ4n) is 1.06. The molecule has 0 spiro atoms. The second-order valence-corrected chi connectivity index (χ2v) is 4.45. The van der Waals surface area contributed by atoms with Crippen LogP contribution in [-0.2, 0) is 9.59 Å². The molecular weight excluding hydrogens is 188 g/mol. The fraction of sp³-hybridized carbons (Fsp3) is 0.750. The summed E-state index contributed by atoms with van der Waals surface area (Å²) in [5, 5.41) is 2.55. The van der Waals surface area contributed by atoms with Crippen molar-refractivity contribution in [1.82, 2.24) is 10.2 Å². The first kappa shape index (κ1) is 10.4. The SMILES string of the molecule is CN(C)C(=O)CC1SCCNC1=O. The van der Waals surface area contributed by atoms with E-state index < -0.39 is 0 Å². The Morgan fingerprint density at radius 1 is 1.69 bits per heavy atom. The van der Waals surface area contributed by atoms with E-state index in [2.05, 4.69) is 5.32 Å². The number of carbonyl (C=O) groups is 2. The fourth-order valence-corrected chi connectivity index (χ4v) is 2.06. The van der Waals surface area contributed by atoms with Crippen molar-refractivity contribution < 1.29 is 9.59 Å². The van der Waals surface area contributed by atoms with E-state index in [1.165, 1.54) is 4.90 Å². The number of nitrogens with one attached hydrogen (secondary N) is 1. The number of hydrogen-bond donors (Lipinski definition) is 1. The van der Waals surface area contributed by atoms with Gasteiger partial charge in [-0.1, -0.05) is 0 Å². The molecule has 1 atom stereocenters. The molecule has 1 saturated heterocycles. The van der Waals surface area contributed by atoms with Gasteiger partial charge in [0, 0.05) is 32.8 Å². The van der Waals surface area contributed by atoms with Gasteiger partial charge in [0.15, 0.2) is 0 Å². The van der Waals surface area contributed by atoms with E-state index in [1.54, 1.807) is 25.9 Å². The minimum atomic E-state index is -0.191. The van der Waals surface area contributed by atoms with E-state index in [4.69, 9.17) is 0 Å². The lowest BCUT2D eigenvalue weighted by Gasteiger charge is -2.22. The largest absolute Gasteiger partial charge is 0.354 e. The monoisotopic (exact) mass is 202 g/mol. The number of rotatable bonds is 2. The van der Waals surface area contributed by atoms with Crippen LogP contribution in [-0.4, -0.2) is 48.4 Å². The van der Waals surface area contributed by atoms with Gasteiger partial charge in [0.25, 0.3) is 0 Å². The Balaban J connectivity index is 2.43. The first-order chi connectivity index (χ1) is 6.11. The van der Waals surface area contributed by atoms with E-state index in [9.17, 15) is 9.59 Å². The van der Waals surface area contributed by atoms with E-state index >= 15 is 0 Å². The Kier molecular flexibility index (Phi) is 3.59. The summed E-state index contributed by atoms with van der Waals surface area (Å²) >= 11 is 1.56. The van der Waals surface area contributed by atoms with Crippen LogP contribution in [0.25, 0.3) is 0 Å². The van der Waals surface area contributed by atoms with Crippen molar-refractivity contribution in [1.29, 1.82) is 0 Å². The van der Waals surface area contributed by atoms with E-state index in [0.717, 1.165) is 12.3 Å². The van der Waals surface area contributed by atoms with Crippen LogP contribution < -0.4 is 5.32 Å². The molecule has 0 bridgehead atoms. The average molecular weight is 202 g/mol. The summed E-state index contributed by atoms with van der Waals surface area (Å²) in [6.07, 6.45) is 0.309. The molecule has 1 aliphatic rings. The van der Waals surface area contributed by atoms with Crippen LogP contribution in [0.2, 0.25) is 0 Å². The smallest absolute Gasteiger partial charge is 0.233 e. The summed E-state index contributed by atoms with van der Waals surface area (Å²) in [6.45, 7) is 0.718. The summed E-state index contributed by atoms with van der Waals surface area (Å²) in [5.74, 6) is 0.901. The Hall–Kier alpha value is -0.710. The molecule has 1 heterocycles. The molecule has 2 amide bonds. The molecule has 0 saturated carbocycles. The normalized spacial score (nSPS) is 22.3. The van der Waals surface area contributed by atoms with Gasteiger partial charge in [0.05, 0.1) is 5.25 Å². The third kappa shape index (κ3) is 2.91. The molecule has 74 valence electrons. The molecule has 1 fully saturated rings. The van der Waals surface area contributed by atoms with Crippen molar-refractivity contribution in [3.63, 3.8) is 0 Å². The minimum Gasteiger partial charge on any atom is -0.354 e. The average Bonchev–Trinajstić information content (AvgIpc) is 2.08. The summed E-state index contributed by atoms with van der Waals surface area (Å²) in [5.41, 5.74) is 0. The standard InChI is InChI=1S/C8H14N2O2S/c1-10(2)7(11)5-6-8(12)9-3-4-13-6/h6H,3-5H2,1-2H3,(H,9,12). The number of hydrogen-bond acceptors (Lipinski definition) is 3. The highest BCUT2D eigenvalue weighted by Crippen LogP contribution is 2.18. The highest BCUT2D eigenvalue weighted by molar-refractivity contribution is 8.00. The lowest BCUT2D eigenvalue weighted by molar-refractivity contribution is -0.131. The topological polar surface area (TPSA) is 49.4 Å². The van der Waals surface area contributed by atoms with Crippen molar-refractivity contribution in [2.75, 3.05) is 26.4 Å². The molecule has 1 rings (SSSR count). The molecule has 1 unspecified atom stereocenters. The number of amides is 2. The Morgan fingerprint density at radius 2 is 2.38 bits per heavy atom. The lowest BCUT2D eigenvalue weighted by Crippen LogP contribution is -2.41. The highest BCUT2D eigenvalue weighted by Gasteiger charge is 2.25. The molecule has 0 aromatic carbocycles. The summed E-state index contributed by atoms with van der Waals surface area (Å²) in [6, 6.07) is 0. The number of carbonyl (C=O) groups excluding carboxylic acids is 2. The van der Waals surface area contributed by atoms with Crippen molar-refractivity contribution in [3.8, 4) is 0 Å².